The minimum atomic E-state index is -0.488. The van der Waals surface area contributed by atoms with E-state index in [1.54, 1.807) is 0 Å². The fourth-order valence-corrected chi connectivity index (χ4v) is 1.44. The van der Waals surface area contributed by atoms with Crippen molar-refractivity contribution in [3.05, 3.63) is 12.7 Å². The van der Waals surface area contributed by atoms with Gasteiger partial charge in [0.2, 0.25) is 0 Å². The first kappa shape index (κ1) is 8.75. The van der Waals surface area contributed by atoms with Crippen molar-refractivity contribution in [1.29, 1.82) is 0 Å². The van der Waals surface area contributed by atoms with Crippen LogP contribution in [0.4, 0.5) is 0 Å². The Hall–Kier alpha value is -0.340. The maximum absolute atomic E-state index is 9.57. The van der Waals surface area contributed by atoms with Crippen molar-refractivity contribution in [2.24, 2.45) is 0 Å². The van der Waals surface area contributed by atoms with Crippen LogP contribution >= 0.6 is 0 Å². The van der Waals surface area contributed by atoms with E-state index in [9.17, 15) is 5.11 Å². The Labute approximate surface area is 68.3 Å². The van der Waals surface area contributed by atoms with Crippen molar-refractivity contribution < 1.29 is 5.11 Å². The summed E-state index contributed by atoms with van der Waals surface area (Å²) in [6, 6.07) is 0.535. The third-order valence-corrected chi connectivity index (χ3v) is 2.25. The molecule has 2 nitrogen and oxygen atoms in total. The first-order valence-electron chi connectivity index (χ1n) is 4.21. The van der Waals surface area contributed by atoms with Gasteiger partial charge in [-0.25, -0.2) is 0 Å². The topological polar surface area (TPSA) is 32.3 Å². The first-order valence-corrected chi connectivity index (χ1v) is 4.21. The van der Waals surface area contributed by atoms with Crippen molar-refractivity contribution >= 4 is 0 Å². The summed E-state index contributed by atoms with van der Waals surface area (Å²) in [7, 11) is 0. The predicted molar refractivity (Wildman–Crippen MR) is 46.5 cm³/mol. The van der Waals surface area contributed by atoms with E-state index in [0.29, 0.717) is 12.6 Å². The van der Waals surface area contributed by atoms with Gasteiger partial charge in [0.25, 0.3) is 0 Å². The summed E-state index contributed by atoms with van der Waals surface area (Å²) in [6.07, 6.45) is 4.89. The van der Waals surface area contributed by atoms with Gasteiger partial charge >= 0.3 is 0 Å². The van der Waals surface area contributed by atoms with Gasteiger partial charge in [0.1, 0.15) is 0 Å². The average Bonchev–Trinajstić information content (AvgIpc) is 1.94. The highest BCUT2D eigenvalue weighted by atomic mass is 16.3. The highest BCUT2D eigenvalue weighted by molar-refractivity contribution is 4.88. The van der Waals surface area contributed by atoms with Crippen molar-refractivity contribution in [2.45, 2.75) is 37.8 Å². The zero-order chi connectivity index (χ0) is 8.32. The molecule has 0 aromatic carbocycles. The summed E-state index contributed by atoms with van der Waals surface area (Å²) < 4.78 is 0. The summed E-state index contributed by atoms with van der Waals surface area (Å²) in [4.78, 5) is 0. The summed E-state index contributed by atoms with van der Waals surface area (Å²) in [5.74, 6) is 0. The van der Waals surface area contributed by atoms with E-state index in [1.165, 1.54) is 0 Å². The second kappa shape index (κ2) is 3.37. The molecule has 1 heterocycles. The van der Waals surface area contributed by atoms with Crippen LogP contribution in [-0.2, 0) is 0 Å². The molecule has 1 unspecified atom stereocenters. The largest absolute Gasteiger partial charge is 0.389 e. The summed E-state index contributed by atoms with van der Waals surface area (Å²) in [6.45, 7) is 6.28. The molecule has 1 rings (SSSR count). The molecule has 0 amide bonds. The Balaban J connectivity index is 2.30. The zero-order valence-electron chi connectivity index (χ0n) is 7.14. The molecule has 0 aliphatic carbocycles. The predicted octanol–water partition coefficient (Wildman–Crippen LogP) is 1.07. The summed E-state index contributed by atoms with van der Waals surface area (Å²) in [5.41, 5.74) is -0.488. The Bertz CT molecular complexity index is 132. The number of aliphatic hydroxyl groups is 1. The van der Waals surface area contributed by atoms with Gasteiger partial charge in [0.05, 0.1) is 5.60 Å². The number of nitrogens with one attached hydrogen (secondary N) is 1. The van der Waals surface area contributed by atoms with Gasteiger partial charge in [-0.3, -0.25) is 0 Å². The smallest absolute Gasteiger partial charge is 0.0744 e. The second-order valence-electron chi connectivity index (χ2n) is 3.64. The highest BCUT2D eigenvalue weighted by Gasteiger charge is 2.27. The van der Waals surface area contributed by atoms with Crippen LogP contribution in [0.3, 0.4) is 0 Å². The van der Waals surface area contributed by atoms with Gasteiger partial charge < -0.3 is 10.4 Å². The van der Waals surface area contributed by atoms with Crippen LogP contribution in [-0.4, -0.2) is 23.3 Å². The number of rotatable bonds is 2. The van der Waals surface area contributed by atoms with E-state index in [4.69, 9.17) is 0 Å². The summed E-state index contributed by atoms with van der Waals surface area (Å²) in [5, 5.41) is 12.9. The van der Waals surface area contributed by atoms with Gasteiger partial charge in [-0.2, -0.15) is 0 Å². The van der Waals surface area contributed by atoms with Gasteiger partial charge in [0, 0.05) is 12.6 Å². The van der Waals surface area contributed by atoms with Gasteiger partial charge in [-0.1, -0.05) is 6.08 Å². The zero-order valence-corrected chi connectivity index (χ0v) is 7.14. The van der Waals surface area contributed by atoms with E-state index in [-0.39, 0.29) is 0 Å². The Morgan fingerprint density at radius 3 is 3.00 bits per heavy atom. The Morgan fingerprint density at radius 2 is 2.55 bits per heavy atom. The van der Waals surface area contributed by atoms with Crippen molar-refractivity contribution in [1.82, 2.24) is 5.32 Å². The molecule has 0 saturated carbocycles. The SMILES string of the molecule is C=CCC1CC[C@@](C)(O)CN1. The van der Waals surface area contributed by atoms with Crippen LogP contribution in [0, 0.1) is 0 Å². The van der Waals surface area contributed by atoms with Gasteiger partial charge in [-0.15, -0.1) is 6.58 Å². The number of β-amino-alcohol motifs (C(OH)–C–C–N with tert-alkyl or cyclic N) is 1. The van der Waals surface area contributed by atoms with Crippen molar-refractivity contribution in [2.75, 3.05) is 6.54 Å². The molecular formula is C9H17NO. The van der Waals surface area contributed by atoms with Crippen LogP contribution < -0.4 is 5.32 Å². The van der Waals surface area contributed by atoms with Crippen molar-refractivity contribution in [3.63, 3.8) is 0 Å². The quantitative estimate of drug-likeness (QED) is 0.584. The molecule has 1 fully saturated rings. The monoisotopic (exact) mass is 155 g/mol. The van der Waals surface area contributed by atoms with E-state index in [0.717, 1.165) is 19.3 Å². The van der Waals surface area contributed by atoms with E-state index in [1.807, 2.05) is 13.0 Å². The van der Waals surface area contributed by atoms with Crippen LogP contribution in [0.2, 0.25) is 0 Å². The lowest BCUT2D eigenvalue weighted by molar-refractivity contribution is 0.0244. The van der Waals surface area contributed by atoms with Crippen molar-refractivity contribution in [3.8, 4) is 0 Å². The average molecular weight is 155 g/mol. The second-order valence-corrected chi connectivity index (χ2v) is 3.64. The molecule has 2 N–H and O–H groups in total. The molecule has 0 bridgehead atoms. The van der Waals surface area contributed by atoms with Crippen LogP contribution in [0.1, 0.15) is 26.2 Å². The molecule has 0 spiro atoms. The first-order chi connectivity index (χ1) is 5.14. The third kappa shape index (κ3) is 2.64. The molecular weight excluding hydrogens is 138 g/mol. The van der Waals surface area contributed by atoms with Crippen LogP contribution in [0.15, 0.2) is 12.7 Å². The van der Waals surface area contributed by atoms with E-state index < -0.39 is 5.60 Å². The fraction of sp³-hybridized carbons (Fsp3) is 0.778. The van der Waals surface area contributed by atoms with Gasteiger partial charge in [-0.05, 0) is 26.2 Å². The molecule has 0 aromatic rings. The minimum absolute atomic E-state index is 0.488. The molecule has 0 radical (unpaired) electrons. The minimum Gasteiger partial charge on any atom is -0.389 e. The maximum atomic E-state index is 9.57. The van der Waals surface area contributed by atoms with Gasteiger partial charge in [0.15, 0.2) is 0 Å². The molecule has 2 heteroatoms. The molecule has 1 aliphatic heterocycles. The number of hydrogen-bond donors (Lipinski definition) is 2. The maximum Gasteiger partial charge on any atom is 0.0744 e. The lowest BCUT2D eigenvalue weighted by Crippen LogP contribution is -2.48. The Kier molecular flexibility index (Phi) is 2.68. The standard InChI is InChI=1S/C9H17NO/c1-3-4-8-5-6-9(2,11)7-10-8/h3,8,10-11H,1,4-7H2,2H3/t8?,9-/m1/s1. The molecule has 0 aromatic heterocycles. The lowest BCUT2D eigenvalue weighted by Gasteiger charge is -2.33. The van der Waals surface area contributed by atoms with E-state index in [2.05, 4.69) is 11.9 Å². The molecule has 64 valence electrons. The van der Waals surface area contributed by atoms with Crippen LogP contribution in [0.5, 0.6) is 0 Å². The summed E-state index contributed by atoms with van der Waals surface area (Å²) >= 11 is 0. The van der Waals surface area contributed by atoms with Crippen LogP contribution in [0.25, 0.3) is 0 Å². The fourth-order valence-electron chi connectivity index (χ4n) is 1.44. The Morgan fingerprint density at radius 1 is 1.82 bits per heavy atom. The molecule has 1 saturated heterocycles. The molecule has 2 atom stereocenters. The number of hydrogen-bond acceptors (Lipinski definition) is 2. The van der Waals surface area contributed by atoms with E-state index >= 15 is 0 Å². The number of piperidine rings is 1. The third-order valence-electron chi connectivity index (χ3n) is 2.25. The molecule has 11 heavy (non-hydrogen) atoms. The molecule has 1 aliphatic rings. The normalized spacial score (nSPS) is 38.5. The lowest BCUT2D eigenvalue weighted by atomic mass is 9.91. The highest BCUT2D eigenvalue weighted by Crippen LogP contribution is 2.19.